The van der Waals surface area contributed by atoms with Gasteiger partial charge in [-0.25, -0.2) is 4.98 Å². The molecular formula is C14H16ClIN2O2. The highest BCUT2D eigenvalue weighted by Gasteiger charge is 2.10. The van der Waals surface area contributed by atoms with Crippen LogP contribution >= 0.6 is 34.2 Å². The molecule has 4 nitrogen and oxygen atoms in total. The minimum Gasteiger partial charge on any atom is -0.441 e. The number of benzene rings is 1. The zero-order chi connectivity index (χ0) is 14.4. The summed E-state index contributed by atoms with van der Waals surface area (Å²) in [5.74, 6) is 1.48. The Hall–Kier alpha value is -0.630. The molecule has 1 aromatic carbocycles. The largest absolute Gasteiger partial charge is 0.441 e. The summed E-state index contributed by atoms with van der Waals surface area (Å²) in [5.41, 5.74) is 0.976. The molecule has 0 atom stereocenters. The maximum Gasteiger partial charge on any atom is 0.196 e. The van der Waals surface area contributed by atoms with E-state index in [2.05, 4.69) is 32.9 Å². The predicted molar refractivity (Wildman–Crippen MR) is 88.1 cm³/mol. The first kappa shape index (κ1) is 15.8. The number of hydrogen-bond donors (Lipinski definition) is 1. The maximum absolute atomic E-state index is 6.02. The van der Waals surface area contributed by atoms with Gasteiger partial charge in [-0.2, -0.15) is 0 Å². The molecule has 0 amide bonds. The third kappa shape index (κ3) is 4.44. The molecule has 0 aliphatic heterocycles. The van der Waals surface area contributed by atoms with Gasteiger partial charge in [0.25, 0.3) is 0 Å². The molecular weight excluding hydrogens is 391 g/mol. The number of methoxy groups -OCH3 is 1. The highest BCUT2D eigenvalue weighted by atomic mass is 127. The molecule has 6 heteroatoms. The molecule has 0 saturated heterocycles. The third-order valence-corrected chi connectivity index (χ3v) is 3.92. The highest BCUT2D eigenvalue weighted by Crippen LogP contribution is 2.28. The monoisotopic (exact) mass is 406 g/mol. The number of aromatic nitrogens is 1. The molecule has 20 heavy (non-hydrogen) atoms. The highest BCUT2D eigenvalue weighted by molar-refractivity contribution is 14.1. The van der Waals surface area contributed by atoms with Crippen molar-refractivity contribution in [1.82, 2.24) is 10.3 Å². The van der Waals surface area contributed by atoms with Gasteiger partial charge < -0.3 is 14.5 Å². The normalized spacial score (nSPS) is 10.9. The van der Waals surface area contributed by atoms with Crippen LogP contribution in [-0.2, 0) is 11.2 Å². The maximum atomic E-state index is 6.02. The van der Waals surface area contributed by atoms with Crippen molar-refractivity contribution in [2.75, 3.05) is 26.8 Å². The second kappa shape index (κ2) is 7.97. The van der Waals surface area contributed by atoms with Gasteiger partial charge in [0.2, 0.25) is 0 Å². The lowest BCUT2D eigenvalue weighted by atomic mass is 10.2. The quantitative estimate of drug-likeness (QED) is 0.566. The Balaban J connectivity index is 1.96. The van der Waals surface area contributed by atoms with Gasteiger partial charge in [-0.05, 0) is 40.8 Å². The molecule has 0 radical (unpaired) electrons. The molecule has 0 aliphatic rings. The minimum atomic E-state index is 0.694. The van der Waals surface area contributed by atoms with Gasteiger partial charge in [0.05, 0.1) is 12.8 Å². The Morgan fingerprint density at radius 2 is 2.25 bits per heavy atom. The van der Waals surface area contributed by atoms with Crippen molar-refractivity contribution in [2.24, 2.45) is 0 Å². The van der Waals surface area contributed by atoms with Crippen molar-refractivity contribution in [3.05, 3.63) is 38.9 Å². The minimum absolute atomic E-state index is 0.694. The molecule has 0 aliphatic carbocycles. The standard InChI is InChI=1S/C14H16ClIN2O2/c1-19-7-6-17-5-4-14-18-9-13(20-14)11-8-10(15)2-3-12(11)16/h2-3,8-9,17H,4-7H2,1H3. The molecule has 1 heterocycles. The molecule has 0 saturated carbocycles. The smallest absolute Gasteiger partial charge is 0.196 e. The van der Waals surface area contributed by atoms with Gasteiger partial charge in [0.1, 0.15) is 0 Å². The summed E-state index contributed by atoms with van der Waals surface area (Å²) >= 11 is 8.28. The second-order valence-corrected chi connectivity index (χ2v) is 5.83. The van der Waals surface area contributed by atoms with Crippen molar-refractivity contribution in [3.8, 4) is 11.3 Å². The van der Waals surface area contributed by atoms with Crippen LogP contribution in [0.1, 0.15) is 5.89 Å². The summed E-state index contributed by atoms with van der Waals surface area (Å²) < 4.78 is 11.8. The Labute approximate surface area is 137 Å². The summed E-state index contributed by atoms with van der Waals surface area (Å²) in [5, 5.41) is 3.95. The van der Waals surface area contributed by atoms with Gasteiger partial charge in [-0.15, -0.1) is 0 Å². The van der Waals surface area contributed by atoms with E-state index in [0.29, 0.717) is 11.6 Å². The number of ether oxygens (including phenoxy) is 1. The Morgan fingerprint density at radius 3 is 3.05 bits per heavy atom. The number of nitrogens with zero attached hydrogens (tertiary/aromatic N) is 1. The second-order valence-electron chi connectivity index (χ2n) is 4.24. The van der Waals surface area contributed by atoms with Gasteiger partial charge in [-0.1, -0.05) is 11.6 Å². The molecule has 2 rings (SSSR count). The first-order chi connectivity index (χ1) is 9.70. The van der Waals surface area contributed by atoms with Crippen LogP contribution in [0.2, 0.25) is 5.02 Å². The number of rotatable bonds is 7. The van der Waals surface area contributed by atoms with Crippen LogP contribution in [0, 0.1) is 3.57 Å². The van der Waals surface area contributed by atoms with Crippen molar-refractivity contribution >= 4 is 34.2 Å². The van der Waals surface area contributed by atoms with Gasteiger partial charge in [-0.3, -0.25) is 0 Å². The molecule has 1 N–H and O–H groups in total. The molecule has 0 fully saturated rings. The van der Waals surface area contributed by atoms with Crippen molar-refractivity contribution < 1.29 is 9.15 Å². The van der Waals surface area contributed by atoms with Crippen LogP contribution in [0.5, 0.6) is 0 Å². The molecule has 0 spiro atoms. The first-order valence-corrected chi connectivity index (χ1v) is 7.76. The van der Waals surface area contributed by atoms with Crippen LogP contribution < -0.4 is 5.32 Å². The van der Waals surface area contributed by atoms with E-state index in [0.717, 1.165) is 40.3 Å². The zero-order valence-electron chi connectivity index (χ0n) is 11.2. The lowest BCUT2D eigenvalue weighted by Gasteiger charge is -2.02. The van der Waals surface area contributed by atoms with Crippen molar-refractivity contribution in [2.45, 2.75) is 6.42 Å². The van der Waals surface area contributed by atoms with Gasteiger partial charge in [0, 0.05) is 40.8 Å². The number of halogens is 2. The molecule has 1 aromatic heterocycles. The SMILES string of the molecule is COCCNCCc1ncc(-c2cc(Cl)ccc2I)o1. The average molecular weight is 407 g/mol. The van der Waals surface area contributed by atoms with E-state index < -0.39 is 0 Å². The van der Waals surface area contributed by atoms with E-state index in [1.165, 1.54) is 0 Å². The fraction of sp³-hybridized carbons (Fsp3) is 0.357. The van der Waals surface area contributed by atoms with Gasteiger partial charge >= 0.3 is 0 Å². The Kier molecular flexibility index (Phi) is 6.28. The van der Waals surface area contributed by atoms with E-state index in [9.17, 15) is 0 Å². The average Bonchev–Trinajstić information content (AvgIpc) is 2.90. The number of oxazole rings is 1. The van der Waals surface area contributed by atoms with E-state index in [-0.39, 0.29) is 0 Å². The fourth-order valence-corrected chi connectivity index (χ4v) is 2.50. The van der Waals surface area contributed by atoms with Gasteiger partial charge in [0.15, 0.2) is 11.7 Å². The molecule has 2 aromatic rings. The van der Waals surface area contributed by atoms with E-state index in [1.807, 2.05) is 18.2 Å². The summed E-state index contributed by atoms with van der Waals surface area (Å²) in [6.45, 7) is 2.35. The third-order valence-electron chi connectivity index (χ3n) is 2.75. The van der Waals surface area contributed by atoms with E-state index in [1.54, 1.807) is 13.3 Å². The van der Waals surface area contributed by atoms with E-state index in [4.69, 9.17) is 20.8 Å². The van der Waals surface area contributed by atoms with Crippen molar-refractivity contribution in [1.29, 1.82) is 0 Å². The Morgan fingerprint density at radius 1 is 1.40 bits per heavy atom. The Bertz CT molecular complexity index is 560. The first-order valence-electron chi connectivity index (χ1n) is 6.30. The van der Waals surface area contributed by atoms with Crippen LogP contribution in [-0.4, -0.2) is 31.8 Å². The van der Waals surface area contributed by atoms with E-state index >= 15 is 0 Å². The molecule has 0 unspecified atom stereocenters. The number of nitrogens with one attached hydrogen (secondary N) is 1. The topological polar surface area (TPSA) is 47.3 Å². The summed E-state index contributed by atoms with van der Waals surface area (Å²) in [4.78, 5) is 4.30. The van der Waals surface area contributed by atoms with Crippen LogP contribution in [0.15, 0.2) is 28.8 Å². The summed E-state index contributed by atoms with van der Waals surface area (Å²) in [6, 6.07) is 5.72. The molecule has 108 valence electrons. The van der Waals surface area contributed by atoms with Crippen LogP contribution in [0.3, 0.4) is 0 Å². The zero-order valence-corrected chi connectivity index (χ0v) is 14.1. The number of hydrogen-bond acceptors (Lipinski definition) is 4. The van der Waals surface area contributed by atoms with Crippen LogP contribution in [0.4, 0.5) is 0 Å². The predicted octanol–water partition coefficient (Wildman–Crippen LogP) is 3.38. The lowest BCUT2D eigenvalue weighted by molar-refractivity contribution is 0.199. The summed E-state index contributed by atoms with van der Waals surface area (Å²) in [6.07, 6.45) is 2.50. The lowest BCUT2D eigenvalue weighted by Crippen LogP contribution is -2.21. The molecule has 0 bridgehead atoms. The van der Waals surface area contributed by atoms with Crippen LogP contribution in [0.25, 0.3) is 11.3 Å². The summed E-state index contributed by atoms with van der Waals surface area (Å²) in [7, 11) is 1.69. The fourth-order valence-electron chi connectivity index (χ4n) is 1.73. The van der Waals surface area contributed by atoms with Crippen molar-refractivity contribution in [3.63, 3.8) is 0 Å².